The molecule has 2 aliphatic heterocycles. The Bertz CT molecular complexity index is 950. The number of esters is 1. The lowest BCUT2D eigenvalue weighted by Gasteiger charge is -2.33. The van der Waals surface area contributed by atoms with Gasteiger partial charge in [0.25, 0.3) is 5.91 Å². The van der Waals surface area contributed by atoms with Gasteiger partial charge in [-0.15, -0.1) is 0 Å². The van der Waals surface area contributed by atoms with Gasteiger partial charge in [-0.2, -0.15) is 0 Å². The van der Waals surface area contributed by atoms with E-state index in [-0.39, 0.29) is 24.3 Å². The number of benzene rings is 1. The van der Waals surface area contributed by atoms with Crippen molar-refractivity contribution in [1.82, 2.24) is 10.2 Å². The Hall–Kier alpha value is -3.29. The number of nitrogens with zero attached hydrogens (tertiary/aromatic N) is 1. The van der Waals surface area contributed by atoms with Crippen molar-refractivity contribution in [2.75, 3.05) is 6.61 Å². The van der Waals surface area contributed by atoms with Crippen LogP contribution in [-0.2, 0) is 21.6 Å². The molecule has 1 aromatic carbocycles. The second-order valence-corrected chi connectivity index (χ2v) is 7.04. The number of imide groups is 1. The molecule has 3 heterocycles. The number of carbonyl (C=O) groups excluding carboxylic acids is 3. The summed E-state index contributed by atoms with van der Waals surface area (Å²) >= 11 is 0. The lowest BCUT2D eigenvalue weighted by molar-refractivity contribution is -0.133. The molecule has 1 aromatic heterocycles. The highest BCUT2D eigenvalue weighted by Crippen LogP contribution is 2.41. The monoisotopic (exact) mass is 384 g/mol. The van der Waals surface area contributed by atoms with E-state index in [1.165, 1.54) is 6.07 Å². The highest BCUT2D eigenvalue weighted by Gasteiger charge is 2.54. The number of rotatable bonds is 4. The summed E-state index contributed by atoms with van der Waals surface area (Å²) in [6, 6.07) is 9.69. The summed E-state index contributed by atoms with van der Waals surface area (Å²) in [5, 5.41) is 2.83. The summed E-state index contributed by atoms with van der Waals surface area (Å²) < 4.78 is 16.2. The first-order valence-corrected chi connectivity index (χ1v) is 9.07. The number of para-hydroxylation sites is 1. The van der Waals surface area contributed by atoms with Gasteiger partial charge >= 0.3 is 12.0 Å². The summed E-state index contributed by atoms with van der Waals surface area (Å²) in [6.07, 6.45) is 0.0651. The first-order valence-electron chi connectivity index (χ1n) is 9.07. The second-order valence-electron chi connectivity index (χ2n) is 7.04. The number of hydrogen-bond acceptors (Lipinski definition) is 6. The standard InChI is InChI=1S/C20H20N2O6/c1-12(2)27-17(23)16-8-7-13(28-16)11-22-18(24)20(21-19(22)25)9-10-26-15-6-4-3-5-14(15)20/h3-8,12H,9-11H2,1-2H3,(H,21,25). The van der Waals surface area contributed by atoms with Crippen molar-refractivity contribution in [2.24, 2.45) is 0 Å². The average Bonchev–Trinajstić information content (AvgIpc) is 3.22. The minimum Gasteiger partial charge on any atom is -0.493 e. The molecule has 1 atom stereocenters. The van der Waals surface area contributed by atoms with Crippen LogP contribution >= 0.6 is 0 Å². The van der Waals surface area contributed by atoms with E-state index >= 15 is 0 Å². The third kappa shape index (κ3) is 2.90. The van der Waals surface area contributed by atoms with E-state index in [0.717, 1.165) is 4.90 Å². The smallest absolute Gasteiger partial charge is 0.374 e. The fourth-order valence-corrected chi connectivity index (χ4v) is 3.52. The van der Waals surface area contributed by atoms with Crippen molar-refractivity contribution >= 4 is 17.9 Å². The summed E-state index contributed by atoms with van der Waals surface area (Å²) in [4.78, 5) is 38.8. The fourth-order valence-electron chi connectivity index (χ4n) is 3.52. The number of nitrogens with one attached hydrogen (secondary N) is 1. The van der Waals surface area contributed by atoms with E-state index in [9.17, 15) is 14.4 Å². The molecule has 1 fully saturated rings. The first kappa shape index (κ1) is 18.1. The maximum atomic E-state index is 13.2. The molecule has 1 N–H and O–H groups in total. The molecule has 1 spiro atoms. The molecule has 0 aliphatic carbocycles. The van der Waals surface area contributed by atoms with E-state index in [1.807, 2.05) is 6.07 Å². The van der Waals surface area contributed by atoms with Crippen LogP contribution in [0.3, 0.4) is 0 Å². The molecule has 3 amide bonds. The van der Waals surface area contributed by atoms with Crippen LogP contribution in [0.15, 0.2) is 40.8 Å². The number of hydrogen-bond donors (Lipinski definition) is 1. The quantitative estimate of drug-likeness (QED) is 0.643. The largest absolute Gasteiger partial charge is 0.493 e. The van der Waals surface area contributed by atoms with Crippen molar-refractivity contribution in [3.05, 3.63) is 53.5 Å². The van der Waals surface area contributed by atoms with Crippen LogP contribution in [0.25, 0.3) is 0 Å². The summed E-state index contributed by atoms with van der Waals surface area (Å²) in [5.41, 5.74) is -0.500. The van der Waals surface area contributed by atoms with Gasteiger partial charge in [0.15, 0.2) is 5.54 Å². The minimum atomic E-state index is -1.14. The normalized spacial score (nSPS) is 20.9. The molecule has 8 heteroatoms. The minimum absolute atomic E-state index is 0.0295. The zero-order valence-corrected chi connectivity index (χ0v) is 15.6. The third-order valence-electron chi connectivity index (χ3n) is 4.78. The van der Waals surface area contributed by atoms with Crippen LogP contribution in [0.4, 0.5) is 4.79 Å². The number of furan rings is 1. The van der Waals surface area contributed by atoms with E-state index in [4.69, 9.17) is 13.9 Å². The van der Waals surface area contributed by atoms with Crippen LogP contribution in [0.2, 0.25) is 0 Å². The van der Waals surface area contributed by atoms with Gasteiger partial charge in [-0.05, 0) is 32.0 Å². The SMILES string of the molecule is CC(C)OC(=O)c1ccc(CN2C(=O)NC3(CCOc4ccccc43)C2=O)o1. The van der Waals surface area contributed by atoms with E-state index < -0.39 is 17.5 Å². The van der Waals surface area contributed by atoms with Crippen molar-refractivity contribution in [3.63, 3.8) is 0 Å². The third-order valence-corrected chi connectivity index (χ3v) is 4.78. The van der Waals surface area contributed by atoms with Crippen molar-refractivity contribution in [3.8, 4) is 5.75 Å². The zero-order valence-electron chi connectivity index (χ0n) is 15.6. The van der Waals surface area contributed by atoms with E-state index in [0.29, 0.717) is 30.1 Å². The Morgan fingerprint density at radius 3 is 2.82 bits per heavy atom. The van der Waals surface area contributed by atoms with Crippen molar-refractivity contribution in [1.29, 1.82) is 0 Å². The van der Waals surface area contributed by atoms with Gasteiger partial charge in [0.05, 0.1) is 19.3 Å². The van der Waals surface area contributed by atoms with Crippen molar-refractivity contribution < 1.29 is 28.3 Å². The average molecular weight is 384 g/mol. The lowest BCUT2D eigenvalue weighted by Crippen LogP contribution is -2.47. The van der Waals surface area contributed by atoms with Gasteiger partial charge in [-0.25, -0.2) is 9.59 Å². The number of fused-ring (bicyclic) bond motifs is 2. The molecule has 146 valence electrons. The fraction of sp³-hybridized carbons (Fsp3) is 0.350. The summed E-state index contributed by atoms with van der Waals surface area (Å²) in [7, 11) is 0. The van der Waals surface area contributed by atoms with Gasteiger partial charge in [-0.1, -0.05) is 18.2 Å². The number of urea groups is 1. The van der Waals surface area contributed by atoms with Crippen LogP contribution in [0.5, 0.6) is 5.75 Å². The van der Waals surface area contributed by atoms with E-state index in [2.05, 4.69) is 5.32 Å². The maximum Gasteiger partial charge on any atom is 0.374 e. The molecular formula is C20H20N2O6. The molecule has 1 saturated heterocycles. The van der Waals surface area contributed by atoms with Crippen LogP contribution in [0, 0.1) is 0 Å². The van der Waals surface area contributed by atoms with Gasteiger partial charge in [0.2, 0.25) is 5.76 Å². The Morgan fingerprint density at radius 1 is 1.25 bits per heavy atom. The predicted molar refractivity (Wildman–Crippen MR) is 96.6 cm³/mol. The Labute approximate surface area is 161 Å². The van der Waals surface area contributed by atoms with Crippen LogP contribution in [-0.4, -0.2) is 35.5 Å². The topological polar surface area (TPSA) is 98.1 Å². The summed E-state index contributed by atoms with van der Waals surface area (Å²) in [6.45, 7) is 3.72. The maximum absolute atomic E-state index is 13.2. The van der Waals surface area contributed by atoms with Gasteiger partial charge in [0, 0.05) is 12.0 Å². The predicted octanol–water partition coefficient (Wildman–Crippen LogP) is 2.57. The zero-order chi connectivity index (χ0) is 19.9. The second kappa shape index (κ2) is 6.70. The molecule has 8 nitrogen and oxygen atoms in total. The summed E-state index contributed by atoms with van der Waals surface area (Å²) in [5.74, 6) is -0.0244. The molecule has 0 radical (unpaired) electrons. The highest BCUT2D eigenvalue weighted by molar-refractivity contribution is 6.07. The molecule has 1 unspecified atom stereocenters. The number of ether oxygens (including phenoxy) is 2. The molecule has 0 saturated carbocycles. The first-order chi connectivity index (χ1) is 13.4. The molecule has 2 aromatic rings. The highest BCUT2D eigenvalue weighted by atomic mass is 16.6. The Balaban J connectivity index is 1.57. The number of amides is 3. The Morgan fingerprint density at radius 2 is 2.04 bits per heavy atom. The lowest BCUT2D eigenvalue weighted by atomic mass is 9.84. The molecular weight excluding hydrogens is 364 g/mol. The van der Waals surface area contributed by atoms with Crippen molar-refractivity contribution in [2.45, 2.75) is 38.5 Å². The van der Waals surface area contributed by atoms with Crippen LogP contribution < -0.4 is 10.1 Å². The Kier molecular flexibility index (Phi) is 4.33. The van der Waals surface area contributed by atoms with Gasteiger partial charge < -0.3 is 19.2 Å². The van der Waals surface area contributed by atoms with Gasteiger partial charge in [0.1, 0.15) is 11.5 Å². The molecule has 2 aliphatic rings. The molecule has 0 bridgehead atoms. The van der Waals surface area contributed by atoms with Gasteiger partial charge in [-0.3, -0.25) is 9.69 Å². The van der Waals surface area contributed by atoms with Crippen LogP contribution in [0.1, 0.15) is 42.1 Å². The molecule has 4 rings (SSSR count). The molecule has 28 heavy (non-hydrogen) atoms. The number of carbonyl (C=O) groups is 3. The van der Waals surface area contributed by atoms with E-state index in [1.54, 1.807) is 38.1 Å².